The fourth-order valence-corrected chi connectivity index (χ4v) is 3.05. The normalized spacial score (nSPS) is 10.9. The fourth-order valence-electron chi connectivity index (χ4n) is 2.00. The van der Waals surface area contributed by atoms with Gasteiger partial charge in [-0.05, 0) is 42.5 Å². The number of carbonyl (C=O) groups is 2. The van der Waals surface area contributed by atoms with Crippen molar-refractivity contribution in [3.63, 3.8) is 0 Å². The van der Waals surface area contributed by atoms with Crippen molar-refractivity contribution < 1.29 is 22.7 Å². The highest BCUT2D eigenvalue weighted by atomic mass is 32.2. The van der Waals surface area contributed by atoms with Crippen molar-refractivity contribution in [2.24, 2.45) is 5.73 Å². The van der Waals surface area contributed by atoms with E-state index in [0.717, 1.165) is 0 Å². The first-order chi connectivity index (χ1) is 11.8. The molecule has 0 fully saturated rings. The number of amides is 2. The summed E-state index contributed by atoms with van der Waals surface area (Å²) in [7, 11) is -2.45. The van der Waals surface area contributed by atoms with Crippen molar-refractivity contribution in [3.8, 4) is 0 Å². The molecule has 0 aliphatic rings. The van der Waals surface area contributed by atoms with Gasteiger partial charge in [0.2, 0.25) is 11.8 Å². The summed E-state index contributed by atoms with van der Waals surface area (Å²) in [6.45, 7) is -0.109. The predicted molar refractivity (Wildman–Crippen MR) is 92.7 cm³/mol. The molecule has 0 unspecified atom stereocenters. The highest BCUT2D eigenvalue weighted by Crippen LogP contribution is 2.20. The molecule has 25 heavy (non-hydrogen) atoms. The Labute approximate surface area is 145 Å². The largest absolute Gasteiger partial charge is 0.375 e. The van der Waals surface area contributed by atoms with Gasteiger partial charge in [0, 0.05) is 18.4 Å². The van der Waals surface area contributed by atoms with E-state index in [2.05, 4.69) is 10.0 Å². The van der Waals surface area contributed by atoms with Crippen molar-refractivity contribution in [2.45, 2.75) is 4.90 Å². The zero-order valence-electron chi connectivity index (χ0n) is 13.4. The summed E-state index contributed by atoms with van der Waals surface area (Å²) in [5.74, 6) is -0.999. The predicted octanol–water partition coefficient (Wildman–Crippen LogP) is 1.17. The highest BCUT2D eigenvalue weighted by molar-refractivity contribution is 7.92. The monoisotopic (exact) mass is 363 g/mol. The molecule has 2 aromatic rings. The first-order valence-corrected chi connectivity index (χ1v) is 8.61. The van der Waals surface area contributed by atoms with Crippen LogP contribution < -0.4 is 15.8 Å². The number of primary amides is 1. The molecule has 132 valence electrons. The number of nitrogens with one attached hydrogen (secondary N) is 2. The maximum Gasteiger partial charge on any atom is 0.261 e. The first kappa shape index (κ1) is 18.4. The zero-order valence-corrected chi connectivity index (χ0v) is 14.2. The van der Waals surface area contributed by atoms with E-state index in [0.29, 0.717) is 5.69 Å². The molecule has 0 heterocycles. The number of sulfonamides is 1. The molecule has 0 aliphatic carbocycles. The average molecular weight is 363 g/mol. The Morgan fingerprint density at radius 3 is 2.32 bits per heavy atom. The second-order valence-corrected chi connectivity index (χ2v) is 6.74. The molecular formula is C16H17N3O5S. The molecule has 0 aliphatic heterocycles. The van der Waals surface area contributed by atoms with Crippen LogP contribution in [-0.4, -0.2) is 33.9 Å². The van der Waals surface area contributed by atoms with Gasteiger partial charge in [-0.15, -0.1) is 0 Å². The third kappa shape index (κ3) is 5.03. The molecule has 2 amide bonds. The molecule has 9 heteroatoms. The van der Waals surface area contributed by atoms with Crippen LogP contribution in [0.5, 0.6) is 0 Å². The SMILES string of the molecule is COCC(=O)Nc1cccc(NS(=O)(=O)c2ccc(C(N)=O)cc2)c1. The second-order valence-electron chi connectivity index (χ2n) is 5.06. The van der Waals surface area contributed by atoms with Crippen LogP contribution in [0.1, 0.15) is 10.4 Å². The van der Waals surface area contributed by atoms with Crippen LogP contribution in [0.4, 0.5) is 11.4 Å². The number of carbonyl (C=O) groups excluding carboxylic acids is 2. The van der Waals surface area contributed by atoms with Crippen molar-refractivity contribution in [1.82, 2.24) is 0 Å². The van der Waals surface area contributed by atoms with Crippen LogP contribution in [-0.2, 0) is 19.6 Å². The molecule has 0 atom stereocenters. The van der Waals surface area contributed by atoms with Crippen molar-refractivity contribution >= 4 is 33.2 Å². The molecule has 0 bridgehead atoms. The van der Waals surface area contributed by atoms with Crippen LogP contribution in [0.3, 0.4) is 0 Å². The molecule has 0 spiro atoms. The quantitative estimate of drug-likeness (QED) is 0.680. The maximum atomic E-state index is 12.4. The van der Waals surface area contributed by atoms with Crippen LogP contribution in [0.25, 0.3) is 0 Å². The zero-order chi connectivity index (χ0) is 18.4. The minimum atomic E-state index is -3.85. The molecule has 0 saturated carbocycles. The first-order valence-electron chi connectivity index (χ1n) is 7.13. The summed E-state index contributed by atoms with van der Waals surface area (Å²) in [6.07, 6.45) is 0. The second kappa shape index (κ2) is 7.77. The molecule has 0 saturated heterocycles. The number of nitrogens with two attached hydrogens (primary N) is 1. The van der Waals surface area contributed by atoms with Gasteiger partial charge < -0.3 is 15.8 Å². The molecule has 2 rings (SSSR count). The summed E-state index contributed by atoms with van der Waals surface area (Å²) in [5, 5.41) is 2.58. The maximum absolute atomic E-state index is 12.4. The molecule has 2 aromatic carbocycles. The third-order valence-corrected chi connectivity index (χ3v) is 4.52. The van der Waals surface area contributed by atoms with Crippen LogP contribution in [0.15, 0.2) is 53.4 Å². The van der Waals surface area contributed by atoms with Gasteiger partial charge in [0.25, 0.3) is 10.0 Å². The topological polar surface area (TPSA) is 128 Å². The number of methoxy groups -OCH3 is 1. The summed E-state index contributed by atoms with van der Waals surface area (Å²) in [6, 6.07) is 11.5. The van der Waals surface area contributed by atoms with E-state index in [1.54, 1.807) is 18.2 Å². The van der Waals surface area contributed by atoms with Gasteiger partial charge in [-0.25, -0.2) is 8.42 Å². The molecule has 4 N–H and O–H groups in total. The van der Waals surface area contributed by atoms with Crippen molar-refractivity contribution in [2.75, 3.05) is 23.8 Å². The number of benzene rings is 2. The molecule has 0 aromatic heterocycles. The van der Waals surface area contributed by atoms with Crippen LogP contribution in [0, 0.1) is 0 Å². The van der Waals surface area contributed by atoms with Gasteiger partial charge >= 0.3 is 0 Å². The number of ether oxygens (including phenoxy) is 1. The fraction of sp³-hybridized carbons (Fsp3) is 0.125. The smallest absolute Gasteiger partial charge is 0.261 e. The molecular weight excluding hydrogens is 346 g/mol. The van der Waals surface area contributed by atoms with E-state index in [-0.39, 0.29) is 28.7 Å². The van der Waals surface area contributed by atoms with E-state index in [1.165, 1.54) is 37.4 Å². The van der Waals surface area contributed by atoms with Gasteiger partial charge in [-0.2, -0.15) is 0 Å². The standard InChI is InChI=1S/C16H17N3O5S/c1-24-10-15(20)18-12-3-2-4-13(9-12)19-25(22,23)14-7-5-11(6-8-14)16(17)21/h2-9,19H,10H2,1H3,(H2,17,21)(H,18,20). The lowest BCUT2D eigenvalue weighted by Crippen LogP contribution is -2.17. The lowest BCUT2D eigenvalue weighted by molar-refractivity contribution is -0.119. The number of hydrogen-bond donors (Lipinski definition) is 3. The number of rotatable bonds is 7. The Balaban J connectivity index is 2.17. The van der Waals surface area contributed by atoms with E-state index >= 15 is 0 Å². The summed E-state index contributed by atoms with van der Waals surface area (Å²) < 4.78 is 31.9. The summed E-state index contributed by atoms with van der Waals surface area (Å²) >= 11 is 0. The Morgan fingerprint density at radius 1 is 1.08 bits per heavy atom. The summed E-state index contributed by atoms with van der Waals surface area (Å²) in [4.78, 5) is 22.5. The number of anilines is 2. The van der Waals surface area contributed by atoms with Crippen molar-refractivity contribution in [1.29, 1.82) is 0 Å². The Kier molecular flexibility index (Phi) is 5.73. The minimum absolute atomic E-state index is 0.0219. The van der Waals surface area contributed by atoms with Gasteiger partial charge in [-0.1, -0.05) is 6.07 Å². The van der Waals surface area contributed by atoms with E-state index in [4.69, 9.17) is 10.5 Å². The minimum Gasteiger partial charge on any atom is -0.375 e. The van der Waals surface area contributed by atoms with Gasteiger partial charge in [0.1, 0.15) is 6.61 Å². The Morgan fingerprint density at radius 2 is 1.72 bits per heavy atom. The third-order valence-electron chi connectivity index (χ3n) is 3.12. The lowest BCUT2D eigenvalue weighted by atomic mass is 10.2. The lowest BCUT2D eigenvalue weighted by Gasteiger charge is -2.10. The van der Waals surface area contributed by atoms with Gasteiger partial charge in [0.15, 0.2) is 0 Å². The van der Waals surface area contributed by atoms with E-state index < -0.39 is 15.9 Å². The van der Waals surface area contributed by atoms with Gasteiger partial charge in [0.05, 0.1) is 10.6 Å². The van der Waals surface area contributed by atoms with E-state index in [1.807, 2.05) is 0 Å². The Hall–Kier alpha value is -2.91. The molecule has 8 nitrogen and oxygen atoms in total. The van der Waals surface area contributed by atoms with Crippen LogP contribution >= 0.6 is 0 Å². The van der Waals surface area contributed by atoms with E-state index in [9.17, 15) is 18.0 Å². The molecule has 0 radical (unpaired) electrons. The van der Waals surface area contributed by atoms with Crippen LogP contribution in [0.2, 0.25) is 0 Å². The van der Waals surface area contributed by atoms with Crippen molar-refractivity contribution in [3.05, 3.63) is 54.1 Å². The summed E-state index contributed by atoms with van der Waals surface area (Å²) in [5.41, 5.74) is 6.03. The Bertz CT molecular complexity index is 879. The highest BCUT2D eigenvalue weighted by Gasteiger charge is 2.15. The number of hydrogen-bond acceptors (Lipinski definition) is 5. The van der Waals surface area contributed by atoms with Gasteiger partial charge in [-0.3, -0.25) is 14.3 Å². The average Bonchev–Trinajstić information content (AvgIpc) is 2.55.